The molecule has 0 fully saturated rings. The van der Waals surface area contributed by atoms with Crippen molar-refractivity contribution in [3.63, 3.8) is 0 Å². The molecule has 1 unspecified atom stereocenters. The summed E-state index contributed by atoms with van der Waals surface area (Å²) in [6.45, 7) is 11.5. The minimum atomic E-state index is 0.464. The predicted molar refractivity (Wildman–Crippen MR) is 72.9 cm³/mol. The van der Waals surface area contributed by atoms with Crippen LogP contribution in [0.4, 0.5) is 0 Å². The molecular weight excluding hydrogens is 192 g/mol. The first kappa shape index (κ1) is 13.3. The first-order valence-corrected chi connectivity index (χ1v) is 6.55. The van der Waals surface area contributed by atoms with Crippen LogP contribution in [0.1, 0.15) is 64.0 Å². The summed E-state index contributed by atoms with van der Waals surface area (Å²) in [5.41, 5.74) is 3.33. The lowest BCUT2D eigenvalue weighted by atomic mass is 9.77. The smallest absolute Gasteiger partial charge is 0.0160 e. The molecule has 0 radical (unpaired) electrons. The quantitative estimate of drug-likeness (QED) is 0.628. The van der Waals surface area contributed by atoms with E-state index in [9.17, 15) is 0 Å². The van der Waals surface area contributed by atoms with E-state index in [-0.39, 0.29) is 0 Å². The van der Waals surface area contributed by atoms with E-state index in [1.54, 1.807) is 0 Å². The molecule has 1 aromatic carbocycles. The highest BCUT2D eigenvalue weighted by Crippen LogP contribution is 2.35. The fourth-order valence-corrected chi connectivity index (χ4v) is 2.15. The van der Waals surface area contributed by atoms with E-state index in [0.29, 0.717) is 5.41 Å². The Kier molecular flexibility index (Phi) is 4.58. The van der Waals surface area contributed by atoms with Gasteiger partial charge in [0.15, 0.2) is 0 Å². The van der Waals surface area contributed by atoms with Gasteiger partial charge in [-0.25, -0.2) is 0 Å². The van der Waals surface area contributed by atoms with Gasteiger partial charge in [0.2, 0.25) is 0 Å². The molecule has 0 aromatic heterocycles. The lowest BCUT2D eigenvalue weighted by Gasteiger charge is -2.28. The Morgan fingerprint density at radius 2 is 1.62 bits per heavy atom. The highest BCUT2D eigenvalue weighted by molar-refractivity contribution is 5.24. The van der Waals surface area contributed by atoms with Crippen LogP contribution >= 0.6 is 0 Å². The average molecular weight is 218 g/mol. The zero-order valence-corrected chi connectivity index (χ0v) is 11.5. The lowest BCUT2D eigenvalue weighted by molar-refractivity contribution is 0.289. The van der Waals surface area contributed by atoms with Crippen molar-refractivity contribution in [1.82, 2.24) is 0 Å². The normalized spacial score (nSPS) is 13.8. The fraction of sp³-hybridized carbons (Fsp3) is 0.625. The molecule has 0 amide bonds. The van der Waals surface area contributed by atoms with E-state index in [0.717, 1.165) is 5.92 Å². The highest BCUT2D eigenvalue weighted by atomic mass is 14.3. The van der Waals surface area contributed by atoms with E-state index in [1.807, 2.05) is 0 Å². The molecule has 16 heavy (non-hydrogen) atoms. The summed E-state index contributed by atoms with van der Waals surface area (Å²) in [4.78, 5) is 0. The summed E-state index contributed by atoms with van der Waals surface area (Å²) < 4.78 is 0. The van der Waals surface area contributed by atoms with E-state index in [4.69, 9.17) is 0 Å². The van der Waals surface area contributed by atoms with Gasteiger partial charge in [-0.05, 0) is 36.7 Å². The zero-order valence-electron chi connectivity index (χ0n) is 11.5. The molecule has 0 saturated carbocycles. The first-order valence-electron chi connectivity index (χ1n) is 6.55. The maximum absolute atomic E-state index is 2.38. The molecule has 0 aliphatic heterocycles. The largest absolute Gasteiger partial charge is 0.0649 e. The van der Waals surface area contributed by atoms with Gasteiger partial charge >= 0.3 is 0 Å². The van der Waals surface area contributed by atoms with E-state index in [1.165, 1.54) is 30.4 Å². The van der Waals surface area contributed by atoms with E-state index in [2.05, 4.69) is 58.9 Å². The zero-order chi connectivity index (χ0) is 12.2. The molecular formula is C16H26. The van der Waals surface area contributed by atoms with Gasteiger partial charge in [-0.1, -0.05) is 63.9 Å². The number of benzene rings is 1. The second-order valence-electron chi connectivity index (χ2n) is 5.74. The Bertz CT molecular complexity index is 305. The van der Waals surface area contributed by atoms with Gasteiger partial charge in [-0.15, -0.1) is 0 Å². The Morgan fingerprint density at radius 1 is 1.06 bits per heavy atom. The molecule has 0 aliphatic rings. The number of hydrogen-bond acceptors (Lipinski definition) is 0. The van der Waals surface area contributed by atoms with Crippen LogP contribution < -0.4 is 0 Å². The molecule has 0 bridgehead atoms. The van der Waals surface area contributed by atoms with Crippen molar-refractivity contribution in [2.24, 2.45) is 5.41 Å². The lowest BCUT2D eigenvalue weighted by Crippen LogP contribution is -2.14. The standard InChI is InChI=1S/C16H26/c1-6-14(12-16(4,5)7-2)15-10-8-13(3)9-11-15/h8-11,14H,6-7,12H2,1-5H3. The number of hydrogen-bond donors (Lipinski definition) is 0. The third-order valence-electron chi connectivity index (χ3n) is 3.80. The van der Waals surface area contributed by atoms with Gasteiger partial charge in [0.05, 0.1) is 0 Å². The molecule has 0 aliphatic carbocycles. The molecule has 90 valence electrons. The van der Waals surface area contributed by atoms with Crippen LogP contribution in [0, 0.1) is 12.3 Å². The number of aryl methyl sites for hydroxylation is 1. The molecule has 0 heteroatoms. The summed E-state index contributed by atoms with van der Waals surface area (Å²) in [6, 6.07) is 9.07. The van der Waals surface area contributed by atoms with Gasteiger partial charge in [0.25, 0.3) is 0 Å². The predicted octanol–water partition coefficient (Wildman–Crippen LogP) is 5.31. The molecule has 1 rings (SSSR count). The Morgan fingerprint density at radius 3 is 2.06 bits per heavy atom. The molecule has 0 spiro atoms. The highest BCUT2D eigenvalue weighted by Gasteiger charge is 2.21. The van der Waals surface area contributed by atoms with Gasteiger partial charge in [0.1, 0.15) is 0 Å². The third-order valence-corrected chi connectivity index (χ3v) is 3.80. The van der Waals surface area contributed by atoms with Gasteiger partial charge in [-0.2, -0.15) is 0 Å². The average Bonchev–Trinajstić information content (AvgIpc) is 2.27. The van der Waals surface area contributed by atoms with E-state index < -0.39 is 0 Å². The third kappa shape index (κ3) is 3.66. The van der Waals surface area contributed by atoms with E-state index >= 15 is 0 Å². The van der Waals surface area contributed by atoms with Gasteiger partial charge in [-0.3, -0.25) is 0 Å². The second kappa shape index (κ2) is 5.52. The minimum Gasteiger partial charge on any atom is -0.0649 e. The first-order chi connectivity index (χ1) is 7.48. The summed E-state index contributed by atoms with van der Waals surface area (Å²) in [6.07, 6.45) is 3.80. The molecule has 0 nitrogen and oxygen atoms in total. The Labute approximate surface area is 101 Å². The van der Waals surface area contributed by atoms with Crippen molar-refractivity contribution < 1.29 is 0 Å². The summed E-state index contributed by atoms with van der Waals surface area (Å²) in [7, 11) is 0. The van der Waals surface area contributed by atoms with Crippen molar-refractivity contribution in [2.75, 3.05) is 0 Å². The van der Waals surface area contributed by atoms with Crippen LogP contribution in [0.3, 0.4) is 0 Å². The SMILES string of the molecule is CCC(CC(C)(C)CC)c1ccc(C)cc1. The Balaban J connectivity index is 2.78. The van der Waals surface area contributed by atoms with Crippen LogP contribution in [0.25, 0.3) is 0 Å². The Hall–Kier alpha value is -0.780. The van der Waals surface area contributed by atoms with Crippen LogP contribution in [0.5, 0.6) is 0 Å². The summed E-state index contributed by atoms with van der Waals surface area (Å²) >= 11 is 0. The summed E-state index contributed by atoms with van der Waals surface area (Å²) in [5, 5.41) is 0. The van der Waals surface area contributed by atoms with Gasteiger partial charge in [0, 0.05) is 0 Å². The van der Waals surface area contributed by atoms with Crippen LogP contribution in [-0.2, 0) is 0 Å². The van der Waals surface area contributed by atoms with Crippen molar-refractivity contribution in [3.8, 4) is 0 Å². The maximum Gasteiger partial charge on any atom is -0.0160 e. The van der Waals surface area contributed by atoms with Crippen molar-refractivity contribution >= 4 is 0 Å². The molecule has 1 aromatic rings. The molecule has 0 N–H and O–H groups in total. The second-order valence-corrected chi connectivity index (χ2v) is 5.74. The molecule has 0 heterocycles. The van der Waals surface area contributed by atoms with Crippen molar-refractivity contribution in [2.45, 2.75) is 59.8 Å². The van der Waals surface area contributed by atoms with Crippen LogP contribution in [0.15, 0.2) is 24.3 Å². The van der Waals surface area contributed by atoms with Crippen molar-refractivity contribution in [3.05, 3.63) is 35.4 Å². The molecule has 1 atom stereocenters. The fourth-order valence-electron chi connectivity index (χ4n) is 2.15. The van der Waals surface area contributed by atoms with Crippen molar-refractivity contribution in [1.29, 1.82) is 0 Å². The number of rotatable bonds is 5. The van der Waals surface area contributed by atoms with Gasteiger partial charge < -0.3 is 0 Å². The topological polar surface area (TPSA) is 0 Å². The van der Waals surface area contributed by atoms with Crippen LogP contribution in [-0.4, -0.2) is 0 Å². The van der Waals surface area contributed by atoms with Crippen LogP contribution in [0.2, 0.25) is 0 Å². The maximum atomic E-state index is 2.38. The minimum absolute atomic E-state index is 0.464. The summed E-state index contributed by atoms with van der Waals surface area (Å²) in [5.74, 6) is 0.718. The molecule has 0 saturated heterocycles. The monoisotopic (exact) mass is 218 g/mol.